The third kappa shape index (κ3) is 2.38. The number of hydrogen-bond donors (Lipinski definition) is 1. The molecule has 8 heteroatoms. The van der Waals surface area contributed by atoms with Crippen molar-refractivity contribution < 1.29 is 13.9 Å². The Bertz CT molecular complexity index is 954. The number of rotatable bonds is 3. The minimum atomic E-state index is -0.727. The van der Waals surface area contributed by atoms with E-state index in [4.69, 9.17) is 10.5 Å². The molecule has 0 bridgehead atoms. The van der Waals surface area contributed by atoms with E-state index >= 15 is 0 Å². The summed E-state index contributed by atoms with van der Waals surface area (Å²) >= 11 is 0. The van der Waals surface area contributed by atoms with Crippen molar-refractivity contribution in [2.24, 2.45) is 0 Å². The molecule has 0 unspecified atom stereocenters. The summed E-state index contributed by atoms with van der Waals surface area (Å²) in [6, 6.07) is 5.97. The smallest absolute Gasteiger partial charge is 0.357 e. The number of nitriles is 1. The molecule has 0 aliphatic carbocycles. The Morgan fingerprint density at radius 2 is 2.21 bits per heavy atom. The molecule has 3 rings (SSSR count). The zero-order valence-corrected chi connectivity index (χ0v) is 12.6. The molecule has 0 radical (unpaired) electrons. The first-order chi connectivity index (χ1) is 11.6. The molecule has 1 aromatic carbocycles. The predicted molar refractivity (Wildman–Crippen MR) is 83.3 cm³/mol. The zero-order valence-electron chi connectivity index (χ0n) is 12.6. The number of carbonyl (C=O) groups excluding carboxylic acids is 1. The van der Waals surface area contributed by atoms with Crippen LogP contribution in [0.25, 0.3) is 11.4 Å². The summed E-state index contributed by atoms with van der Waals surface area (Å²) in [4.78, 5) is 16.1. The van der Waals surface area contributed by atoms with Crippen LogP contribution >= 0.6 is 0 Å². The lowest BCUT2D eigenvalue weighted by molar-refractivity contribution is 0.0593. The molecular weight excluding hydrogens is 313 g/mol. The number of anilines is 1. The van der Waals surface area contributed by atoms with Crippen LogP contribution in [0.3, 0.4) is 0 Å². The Morgan fingerprint density at radius 1 is 1.42 bits per heavy atom. The highest BCUT2D eigenvalue weighted by Gasteiger charge is 2.23. The molecule has 0 atom stereocenters. The normalized spacial score (nSPS) is 10.4. The van der Waals surface area contributed by atoms with Crippen molar-refractivity contribution in [3.8, 4) is 17.4 Å². The van der Waals surface area contributed by atoms with Crippen LogP contribution in [-0.4, -0.2) is 27.2 Å². The van der Waals surface area contributed by atoms with Crippen LogP contribution in [0.15, 0.2) is 43.1 Å². The standard InChI is InChI=1S/C16H12FN5O2/c1-24-16(23)15-14(19)10(7-18)8-22(15)13-6-11(17)2-3-12(13)21-5-4-20-9-21/h2-6,8-9H,19H2,1H3. The van der Waals surface area contributed by atoms with Crippen molar-refractivity contribution in [1.82, 2.24) is 14.1 Å². The van der Waals surface area contributed by atoms with Crippen LogP contribution in [0, 0.1) is 17.1 Å². The van der Waals surface area contributed by atoms with E-state index in [0.717, 1.165) is 0 Å². The number of imidazole rings is 1. The Hall–Kier alpha value is -3.60. The number of methoxy groups -OCH3 is 1. The summed E-state index contributed by atoms with van der Waals surface area (Å²) in [5, 5.41) is 9.18. The number of esters is 1. The van der Waals surface area contributed by atoms with Crippen LogP contribution < -0.4 is 5.73 Å². The molecule has 3 aromatic rings. The molecule has 2 heterocycles. The van der Waals surface area contributed by atoms with Crippen molar-refractivity contribution in [1.29, 1.82) is 5.26 Å². The van der Waals surface area contributed by atoms with Crippen LogP contribution in [0.4, 0.5) is 10.1 Å². The van der Waals surface area contributed by atoms with Gasteiger partial charge in [0.1, 0.15) is 11.9 Å². The van der Waals surface area contributed by atoms with E-state index in [1.165, 1.54) is 42.4 Å². The van der Waals surface area contributed by atoms with Crippen LogP contribution in [-0.2, 0) is 4.74 Å². The fraction of sp³-hybridized carbons (Fsp3) is 0.0625. The number of halogens is 1. The predicted octanol–water partition coefficient (Wildman–Crippen LogP) is 2.04. The maximum atomic E-state index is 13.8. The number of nitrogens with zero attached hydrogens (tertiary/aromatic N) is 4. The van der Waals surface area contributed by atoms with E-state index in [9.17, 15) is 14.4 Å². The molecule has 2 aromatic heterocycles. The van der Waals surface area contributed by atoms with Crippen molar-refractivity contribution in [3.05, 3.63) is 60.2 Å². The average molecular weight is 325 g/mol. The van der Waals surface area contributed by atoms with Crippen molar-refractivity contribution >= 4 is 11.7 Å². The largest absolute Gasteiger partial charge is 0.464 e. The van der Waals surface area contributed by atoms with E-state index in [1.807, 2.05) is 6.07 Å². The Morgan fingerprint density at radius 3 is 2.83 bits per heavy atom. The molecule has 24 heavy (non-hydrogen) atoms. The quantitative estimate of drug-likeness (QED) is 0.743. The minimum Gasteiger partial charge on any atom is -0.464 e. The van der Waals surface area contributed by atoms with Gasteiger partial charge in [0.2, 0.25) is 0 Å². The lowest BCUT2D eigenvalue weighted by Crippen LogP contribution is -2.12. The number of aromatic nitrogens is 3. The van der Waals surface area contributed by atoms with Gasteiger partial charge in [0.15, 0.2) is 5.69 Å². The van der Waals surface area contributed by atoms with Crippen LogP contribution in [0.1, 0.15) is 16.1 Å². The molecule has 0 amide bonds. The topological polar surface area (TPSA) is 98.9 Å². The summed E-state index contributed by atoms with van der Waals surface area (Å²) < 4.78 is 21.6. The number of nitrogen functional groups attached to an aromatic ring is 1. The van der Waals surface area contributed by atoms with Gasteiger partial charge in [-0.3, -0.25) is 0 Å². The van der Waals surface area contributed by atoms with Crippen molar-refractivity contribution in [2.75, 3.05) is 12.8 Å². The Kier molecular flexibility index (Phi) is 3.75. The summed E-state index contributed by atoms with van der Waals surface area (Å²) in [5.74, 6) is -1.23. The highest BCUT2D eigenvalue weighted by atomic mass is 19.1. The summed E-state index contributed by atoms with van der Waals surface area (Å²) in [6.45, 7) is 0. The van der Waals surface area contributed by atoms with Crippen LogP contribution in [0.2, 0.25) is 0 Å². The lowest BCUT2D eigenvalue weighted by atomic mass is 10.2. The molecular formula is C16H12FN5O2. The SMILES string of the molecule is COC(=O)c1c(N)c(C#N)cn1-c1cc(F)ccc1-n1ccnc1. The summed E-state index contributed by atoms with van der Waals surface area (Å²) in [6.07, 6.45) is 6.15. The van der Waals surface area contributed by atoms with Gasteiger partial charge in [-0.1, -0.05) is 0 Å². The fourth-order valence-corrected chi connectivity index (χ4v) is 2.41. The van der Waals surface area contributed by atoms with Gasteiger partial charge >= 0.3 is 5.97 Å². The second kappa shape index (κ2) is 5.89. The highest BCUT2D eigenvalue weighted by molar-refractivity contribution is 5.96. The first-order valence-corrected chi connectivity index (χ1v) is 6.84. The number of carbonyl (C=O) groups is 1. The van der Waals surface area contributed by atoms with E-state index in [0.29, 0.717) is 11.4 Å². The van der Waals surface area contributed by atoms with E-state index in [1.54, 1.807) is 17.0 Å². The lowest BCUT2D eigenvalue weighted by Gasteiger charge is -2.14. The molecule has 0 saturated carbocycles. The number of ether oxygens (including phenoxy) is 1. The third-order valence-electron chi connectivity index (χ3n) is 3.52. The Balaban J connectivity index is 2.33. The second-order valence-electron chi connectivity index (χ2n) is 4.88. The van der Waals surface area contributed by atoms with Gasteiger partial charge in [-0.05, 0) is 12.1 Å². The maximum Gasteiger partial charge on any atom is 0.357 e. The van der Waals surface area contributed by atoms with E-state index < -0.39 is 11.8 Å². The van der Waals surface area contributed by atoms with Gasteiger partial charge in [0.05, 0.1) is 36.1 Å². The van der Waals surface area contributed by atoms with Gasteiger partial charge < -0.3 is 19.6 Å². The van der Waals surface area contributed by atoms with Gasteiger partial charge in [-0.15, -0.1) is 0 Å². The summed E-state index contributed by atoms with van der Waals surface area (Å²) in [7, 11) is 1.20. The highest BCUT2D eigenvalue weighted by Crippen LogP contribution is 2.28. The molecule has 7 nitrogen and oxygen atoms in total. The molecule has 0 fully saturated rings. The molecule has 0 saturated heterocycles. The maximum absolute atomic E-state index is 13.8. The van der Waals surface area contributed by atoms with E-state index in [-0.39, 0.29) is 16.9 Å². The van der Waals surface area contributed by atoms with Crippen LogP contribution in [0.5, 0.6) is 0 Å². The van der Waals surface area contributed by atoms with Crippen molar-refractivity contribution in [3.63, 3.8) is 0 Å². The number of hydrogen-bond acceptors (Lipinski definition) is 5. The second-order valence-corrected chi connectivity index (χ2v) is 4.88. The first kappa shape index (κ1) is 15.3. The Labute approximate surface area is 136 Å². The molecule has 0 spiro atoms. The number of nitrogens with two attached hydrogens (primary N) is 1. The van der Waals surface area contributed by atoms with Gasteiger partial charge in [0, 0.05) is 24.7 Å². The summed E-state index contributed by atoms with van der Waals surface area (Å²) in [5.41, 5.74) is 6.78. The molecule has 2 N–H and O–H groups in total. The monoisotopic (exact) mass is 325 g/mol. The minimum absolute atomic E-state index is 0.0230. The van der Waals surface area contributed by atoms with E-state index in [2.05, 4.69) is 4.98 Å². The van der Waals surface area contributed by atoms with Gasteiger partial charge in [0.25, 0.3) is 0 Å². The average Bonchev–Trinajstić information content (AvgIpc) is 3.22. The zero-order chi connectivity index (χ0) is 17.3. The first-order valence-electron chi connectivity index (χ1n) is 6.84. The molecule has 0 aliphatic rings. The molecule has 0 aliphatic heterocycles. The fourth-order valence-electron chi connectivity index (χ4n) is 2.41. The van der Waals surface area contributed by atoms with Crippen molar-refractivity contribution in [2.45, 2.75) is 0 Å². The van der Waals surface area contributed by atoms with Gasteiger partial charge in [-0.2, -0.15) is 5.26 Å². The molecule has 120 valence electrons. The third-order valence-corrected chi connectivity index (χ3v) is 3.52. The number of benzene rings is 1. The van der Waals surface area contributed by atoms with Gasteiger partial charge in [-0.25, -0.2) is 14.2 Å².